The molecular weight excluding hydrogens is 460 g/mol. The van der Waals surface area contributed by atoms with Crippen LogP contribution in [0.1, 0.15) is 73.7 Å². The summed E-state index contributed by atoms with van der Waals surface area (Å²) in [5, 5.41) is 53.0. The number of ether oxygens (including phenoxy) is 1. The quantitative estimate of drug-likeness (QED) is 0.261. The van der Waals surface area contributed by atoms with Gasteiger partial charge in [-0.2, -0.15) is 0 Å². The number of rotatable bonds is 9. The van der Waals surface area contributed by atoms with Gasteiger partial charge in [0, 0.05) is 34.9 Å². The van der Waals surface area contributed by atoms with E-state index >= 15 is 0 Å². The molecule has 0 heterocycles. The highest BCUT2D eigenvalue weighted by Crippen LogP contribution is 2.49. The number of Topliss-reactive ketones (excluding diaryl/α,β-unsaturated/α-hetero) is 1. The van der Waals surface area contributed by atoms with Crippen molar-refractivity contribution in [3.05, 3.63) is 76.1 Å². The van der Waals surface area contributed by atoms with Gasteiger partial charge in [-0.25, -0.2) is 0 Å². The SMILES string of the molecule is C=C(C)C(CC=C(C)C)CCc1c(O)cc2c(c1O)C(=O)C(O)=C(c1ccc(O)cc1O)C2OCC. The summed E-state index contributed by atoms with van der Waals surface area (Å²) in [6.07, 6.45) is 2.73. The maximum atomic E-state index is 13.3. The summed E-state index contributed by atoms with van der Waals surface area (Å²) in [6.45, 7) is 11.9. The van der Waals surface area contributed by atoms with Crippen molar-refractivity contribution in [1.29, 1.82) is 0 Å². The molecule has 36 heavy (non-hydrogen) atoms. The van der Waals surface area contributed by atoms with Crippen LogP contribution in [-0.2, 0) is 11.2 Å². The molecule has 0 fully saturated rings. The number of ketones is 1. The van der Waals surface area contributed by atoms with Gasteiger partial charge >= 0.3 is 0 Å². The molecule has 0 bridgehead atoms. The summed E-state index contributed by atoms with van der Waals surface area (Å²) in [7, 11) is 0. The largest absolute Gasteiger partial charge is 0.508 e. The number of carbonyl (C=O) groups is 1. The van der Waals surface area contributed by atoms with E-state index in [2.05, 4.69) is 12.7 Å². The van der Waals surface area contributed by atoms with Gasteiger partial charge in [-0.3, -0.25) is 4.79 Å². The van der Waals surface area contributed by atoms with Crippen molar-refractivity contribution in [2.24, 2.45) is 5.92 Å². The molecule has 3 rings (SSSR count). The number of benzene rings is 2. The van der Waals surface area contributed by atoms with Crippen LogP contribution in [0.3, 0.4) is 0 Å². The van der Waals surface area contributed by atoms with E-state index < -0.39 is 23.4 Å². The molecular formula is C29H34O7. The minimum Gasteiger partial charge on any atom is -0.508 e. The maximum absolute atomic E-state index is 13.3. The Morgan fingerprint density at radius 2 is 1.78 bits per heavy atom. The van der Waals surface area contributed by atoms with Crippen LogP contribution in [0.2, 0.25) is 0 Å². The fourth-order valence-electron chi connectivity index (χ4n) is 4.55. The molecule has 1 aliphatic rings. The Labute approximate surface area is 211 Å². The lowest BCUT2D eigenvalue weighted by atomic mass is 9.80. The number of phenolic OH excluding ortho intramolecular Hbond substituents is 4. The van der Waals surface area contributed by atoms with Crippen LogP contribution < -0.4 is 0 Å². The minimum atomic E-state index is -1.05. The highest BCUT2D eigenvalue weighted by Gasteiger charge is 2.39. The average Bonchev–Trinajstić information content (AvgIpc) is 2.79. The number of allylic oxidation sites excluding steroid dienone is 4. The van der Waals surface area contributed by atoms with Crippen molar-refractivity contribution < 1.29 is 35.1 Å². The normalized spacial score (nSPS) is 16.0. The Balaban J connectivity index is 2.08. The van der Waals surface area contributed by atoms with Crippen LogP contribution in [-0.4, -0.2) is 37.9 Å². The first kappa shape index (κ1) is 26.9. The summed E-state index contributed by atoms with van der Waals surface area (Å²) in [6, 6.07) is 5.13. The lowest BCUT2D eigenvalue weighted by Crippen LogP contribution is -2.23. The lowest BCUT2D eigenvalue weighted by Gasteiger charge is -2.30. The fourth-order valence-corrected chi connectivity index (χ4v) is 4.55. The summed E-state index contributed by atoms with van der Waals surface area (Å²) < 4.78 is 5.83. The van der Waals surface area contributed by atoms with Crippen molar-refractivity contribution in [2.75, 3.05) is 6.61 Å². The van der Waals surface area contributed by atoms with Crippen molar-refractivity contribution in [3.63, 3.8) is 0 Å². The molecule has 0 aromatic heterocycles. The van der Waals surface area contributed by atoms with Crippen LogP contribution >= 0.6 is 0 Å². The van der Waals surface area contributed by atoms with Gasteiger partial charge in [0.25, 0.3) is 0 Å². The lowest BCUT2D eigenvalue weighted by molar-refractivity contribution is 0.0857. The summed E-state index contributed by atoms with van der Waals surface area (Å²) in [5.74, 6) is -2.54. The Morgan fingerprint density at radius 1 is 1.08 bits per heavy atom. The van der Waals surface area contributed by atoms with Crippen LogP contribution in [0.5, 0.6) is 23.0 Å². The zero-order valence-corrected chi connectivity index (χ0v) is 21.1. The van der Waals surface area contributed by atoms with Crippen molar-refractivity contribution in [2.45, 2.75) is 53.1 Å². The standard InChI is InChI=1S/C29H34O7/c1-6-36-29-21-14-23(32)20(11-9-17(16(4)5)8-7-15(2)3)26(33)24(21)27(34)28(35)25(29)19-12-10-18(30)13-22(19)31/h7,10,12-14,17,29-33,35H,4,6,8-9,11H2,1-3,5H3. The molecule has 7 nitrogen and oxygen atoms in total. The van der Waals surface area contributed by atoms with Crippen LogP contribution in [0, 0.1) is 5.92 Å². The Morgan fingerprint density at radius 3 is 2.36 bits per heavy atom. The first-order valence-electron chi connectivity index (χ1n) is 12.0. The number of aliphatic hydroxyl groups excluding tert-OH is 1. The number of carbonyl (C=O) groups excluding carboxylic acids is 1. The van der Waals surface area contributed by atoms with E-state index in [1.807, 2.05) is 20.8 Å². The third-order valence-corrected chi connectivity index (χ3v) is 6.51. The van der Waals surface area contributed by atoms with Gasteiger partial charge in [-0.05, 0) is 71.1 Å². The second kappa shape index (κ2) is 10.9. The first-order valence-corrected chi connectivity index (χ1v) is 12.0. The first-order chi connectivity index (χ1) is 17.0. The van der Waals surface area contributed by atoms with Crippen LogP contribution in [0.25, 0.3) is 5.57 Å². The molecule has 0 saturated carbocycles. The van der Waals surface area contributed by atoms with Crippen LogP contribution in [0.15, 0.2) is 53.8 Å². The van der Waals surface area contributed by atoms with E-state index in [0.29, 0.717) is 12.8 Å². The second-order valence-corrected chi connectivity index (χ2v) is 9.41. The molecule has 0 radical (unpaired) electrons. The number of aliphatic hydroxyl groups is 1. The number of phenols is 4. The molecule has 0 aliphatic heterocycles. The van der Waals surface area contributed by atoms with E-state index in [0.717, 1.165) is 18.1 Å². The molecule has 2 aromatic carbocycles. The van der Waals surface area contributed by atoms with Gasteiger partial charge in [-0.1, -0.05) is 23.8 Å². The number of aromatic hydroxyl groups is 4. The average molecular weight is 495 g/mol. The molecule has 7 heteroatoms. The predicted molar refractivity (Wildman–Crippen MR) is 138 cm³/mol. The van der Waals surface area contributed by atoms with E-state index in [1.165, 1.54) is 23.8 Å². The summed E-state index contributed by atoms with van der Waals surface area (Å²) in [5.41, 5.74) is 2.50. The van der Waals surface area contributed by atoms with E-state index in [9.17, 15) is 30.3 Å². The molecule has 2 aromatic rings. The molecule has 1 aliphatic carbocycles. The molecule has 0 spiro atoms. The summed E-state index contributed by atoms with van der Waals surface area (Å²) in [4.78, 5) is 13.3. The maximum Gasteiger partial charge on any atom is 0.231 e. The van der Waals surface area contributed by atoms with E-state index in [4.69, 9.17) is 4.74 Å². The highest BCUT2D eigenvalue weighted by molar-refractivity contribution is 6.17. The Bertz CT molecular complexity index is 1250. The zero-order chi connectivity index (χ0) is 26.7. The monoisotopic (exact) mass is 494 g/mol. The van der Waals surface area contributed by atoms with Gasteiger partial charge in [0.05, 0.1) is 5.56 Å². The van der Waals surface area contributed by atoms with Gasteiger partial charge in [0.15, 0.2) is 5.76 Å². The topological polar surface area (TPSA) is 127 Å². The van der Waals surface area contributed by atoms with Crippen molar-refractivity contribution in [3.8, 4) is 23.0 Å². The Kier molecular flexibility index (Phi) is 8.15. The molecule has 0 saturated heterocycles. The van der Waals surface area contributed by atoms with Crippen molar-refractivity contribution in [1.82, 2.24) is 0 Å². The molecule has 2 unspecified atom stereocenters. The smallest absolute Gasteiger partial charge is 0.231 e. The molecule has 192 valence electrons. The third-order valence-electron chi connectivity index (χ3n) is 6.51. The van der Waals surface area contributed by atoms with E-state index in [1.54, 1.807) is 6.92 Å². The molecule has 5 N–H and O–H groups in total. The predicted octanol–water partition coefficient (Wildman–Crippen LogP) is 6.23. The van der Waals surface area contributed by atoms with Crippen molar-refractivity contribution >= 4 is 11.4 Å². The Hall–Kier alpha value is -3.71. The van der Waals surface area contributed by atoms with Gasteiger partial charge in [0.1, 0.15) is 29.1 Å². The van der Waals surface area contributed by atoms with E-state index in [-0.39, 0.29) is 57.6 Å². The molecule has 2 atom stereocenters. The zero-order valence-electron chi connectivity index (χ0n) is 21.1. The minimum absolute atomic E-state index is 0.0116. The van der Waals surface area contributed by atoms with Crippen LogP contribution in [0.4, 0.5) is 0 Å². The van der Waals surface area contributed by atoms with Gasteiger partial charge in [-0.15, -0.1) is 0 Å². The second-order valence-electron chi connectivity index (χ2n) is 9.41. The summed E-state index contributed by atoms with van der Waals surface area (Å²) >= 11 is 0. The molecule has 0 amide bonds. The number of fused-ring (bicyclic) bond motifs is 1. The highest BCUT2D eigenvalue weighted by atomic mass is 16.5. The van der Waals surface area contributed by atoms with Gasteiger partial charge in [0.2, 0.25) is 5.78 Å². The third kappa shape index (κ3) is 5.26. The number of hydrogen-bond donors (Lipinski definition) is 5. The van der Waals surface area contributed by atoms with Gasteiger partial charge < -0.3 is 30.3 Å². The number of hydrogen-bond acceptors (Lipinski definition) is 7. The fraction of sp³-hybridized carbons (Fsp3) is 0.345.